The monoisotopic (exact) mass is 267 g/mol. The van der Waals surface area contributed by atoms with Crippen molar-refractivity contribution in [1.82, 2.24) is 4.90 Å². The third-order valence-corrected chi connectivity index (χ3v) is 3.61. The molecule has 1 fully saturated rings. The van der Waals surface area contributed by atoms with Gasteiger partial charge in [-0.15, -0.1) is 11.6 Å². The van der Waals surface area contributed by atoms with Gasteiger partial charge in [0.05, 0.1) is 0 Å². The largest absolute Gasteiger partial charge is 0.508 e. The van der Waals surface area contributed by atoms with Crippen LogP contribution >= 0.6 is 11.6 Å². The number of benzene rings is 1. The lowest BCUT2D eigenvalue weighted by atomic mass is 10.1. The minimum absolute atomic E-state index is 0.0292. The molecule has 0 unspecified atom stereocenters. The Hall–Kier alpha value is -1.22. The quantitative estimate of drug-likeness (QED) is 0.852. The standard InChI is InChI=1S/C14H18ClNO2/c15-8-9-16(12-5-1-2-6-12)14(18)11-4-3-7-13(17)10-11/h3-4,7,10,12,17H,1-2,5-6,8-9H2. The summed E-state index contributed by atoms with van der Waals surface area (Å²) in [5, 5.41) is 9.44. The highest BCUT2D eigenvalue weighted by molar-refractivity contribution is 6.18. The predicted octanol–water partition coefficient (Wildman–Crippen LogP) is 3.02. The van der Waals surface area contributed by atoms with Crippen molar-refractivity contribution in [2.75, 3.05) is 12.4 Å². The van der Waals surface area contributed by atoms with E-state index in [1.165, 1.54) is 18.9 Å². The number of amides is 1. The van der Waals surface area contributed by atoms with Crippen molar-refractivity contribution >= 4 is 17.5 Å². The molecule has 0 atom stereocenters. The maximum atomic E-state index is 12.4. The summed E-state index contributed by atoms with van der Waals surface area (Å²) in [5.74, 6) is 0.540. The fourth-order valence-corrected chi connectivity index (χ4v) is 2.74. The molecule has 18 heavy (non-hydrogen) atoms. The lowest BCUT2D eigenvalue weighted by Gasteiger charge is -2.28. The van der Waals surface area contributed by atoms with E-state index in [0.29, 0.717) is 24.0 Å². The average molecular weight is 268 g/mol. The fraction of sp³-hybridized carbons (Fsp3) is 0.500. The van der Waals surface area contributed by atoms with Crippen LogP contribution in [0.25, 0.3) is 0 Å². The summed E-state index contributed by atoms with van der Waals surface area (Å²) >= 11 is 5.79. The Bertz CT molecular complexity index is 416. The molecular weight excluding hydrogens is 250 g/mol. The number of carbonyl (C=O) groups is 1. The van der Waals surface area contributed by atoms with Gasteiger partial charge in [-0.3, -0.25) is 4.79 Å². The van der Waals surface area contributed by atoms with E-state index in [4.69, 9.17) is 11.6 Å². The van der Waals surface area contributed by atoms with Crippen LogP contribution in [-0.4, -0.2) is 34.4 Å². The Labute approximate surface area is 112 Å². The van der Waals surface area contributed by atoms with Crippen LogP contribution in [0.3, 0.4) is 0 Å². The maximum absolute atomic E-state index is 12.4. The lowest BCUT2D eigenvalue weighted by molar-refractivity contribution is 0.0694. The van der Waals surface area contributed by atoms with Crippen molar-refractivity contribution in [2.24, 2.45) is 0 Å². The summed E-state index contributed by atoms with van der Waals surface area (Å²) in [6.45, 7) is 0.570. The van der Waals surface area contributed by atoms with Crippen LogP contribution in [0.2, 0.25) is 0 Å². The molecule has 1 aliphatic rings. The van der Waals surface area contributed by atoms with Gasteiger partial charge in [0.1, 0.15) is 5.75 Å². The zero-order valence-corrected chi connectivity index (χ0v) is 11.1. The molecule has 1 N–H and O–H groups in total. The summed E-state index contributed by atoms with van der Waals surface area (Å²) < 4.78 is 0. The first-order chi connectivity index (χ1) is 8.72. The molecule has 98 valence electrons. The van der Waals surface area contributed by atoms with Crippen LogP contribution < -0.4 is 0 Å². The second-order valence-electron chi connectivity index (χ2n) is 4.68. The summed E-state index contributed by atoms with van der Waals surface area (Å²) in [7, 11) is 0. The summed E-state index contributed by atoms with van der Waals surface area (Å²) in [4.78, 5) is 14.3. The Morgan fingerprint density at radius 2 is 2.11 bits per heavy atom. The third kappa shape index (κ3) is 2.96. The Balaban J connectivity index is 2.17. The molecule has 4 heteroatoms. The summed E-state index contributed by atoms with van der Waals surface area (Å²) in [6.07, 6.45) is 4.47. The van der Waals surface area contributed by atoms with E-state index in [1.807, 2.05) is 4.90 Å². The van der Waals surface area contributed by atoms with Crippen LogP contribution in [0, 0.1) is 0 Å². The van der Waals surface area contributed by atoms with Crippen molar-refractivity contribution in [2.45, 2.75) is 31.7 Å². The smallest absolute Gasteiger partial charge is 0.254 e. The van der Waals surface area contributed by atoms with Gasteiger partial charge in [0.25, 0.3) is 5.91 Å². The third-order valence-electron chi connectivity index (χ3n) is 3.44. The highest BCUT2D eigenvalue weighted by atomic mass is 35.5. The number of carbonyl (C=O) groups excluding carboxylic acids is 1. The molecule has 1 aromatic rings. The SMILES string of the molecule is O=C(c1cccc(O)c1)N(CCCl)C1CCCC1. The topological polar surface area (TPSA) is 40.5 Å². The number of nitrogens with zero attached hydrogens (tertiary/aromatic N) is 1. The van der Waals surface area contributed by atoms with Crippen LogP contribution in [0.4, 0.5) is 0 Å². The summed E-state index contributed by atoms with van der Waals surface area (Å²) in [5.41, 5.74) is 0.534. The molecule has 3 nitrogen and oxygen atoms in total. The van der Waals surface area contributed by atoms with Crippen LogP contribution in [0.15, 0.2) is 24.3 Å². The van der Waals surface area contributed by atoms with Crippen molar-refractivity contribution < 1.29 is 9.90 Å². The molecule has 2 rings (SSSR count). The zero-order chi connectivity index (χ0) is 13.0. The highest BCUT2D eigenvalue weighted by Gasteiger charge is 2.26. The Morgan fingerprint density at radius 3 is 2.72 bits per heavy atom. The molecule has 0 heterocycles. The molecular formula is C14H18ClNO2. The van der Waals surface area contributed by atoms with Gasteiger partial charge in [0.2, 0.25) is 0 Å². The molecule has 1 amide bonds. The Morgan fingerprint density at radius 1 is 1.39 bits per heavy atom. The van der Waals surface area contributed by atoms with Crippen LogP contribution in [-0.2, 0) is 0 Å². The van der Waals surface area contributed by atoms with Gasteiger partial charge >= 0.3 is 0 Å². The number of phenolic OH excluding ortho intramolecular Hbond substituents is 1. The predicted molar refractivity (Wildman–Crippen MR) is 72.1 cm³/mol. The number of hydrogen-bond donors (Lipinski definition) is 1. The number of aromatic hydroxyl groups is 1. The van der Waals surface area contributed by atoms with E-state index in [0.717, 1.165) is 12.8 Å². The number of alkyl halides is 1. The summed E-state index contributed by atoms with van der Waals surface area (Å²) in [6, 6.07) is 6.81. The van der Waals surface area contributed by atoms with Gasteiger partial charge in [0, 0.05) is 24.0 Å². The number of rotatable bonds is 4. The van der Waals surface area contributed by atoms with E-state index in [9.17, 15) is 9.90 Å². The van der Waals surface area contributed by atoms with Gasteiger partial charge in [-0.2, -0.15) is 0 Å². The molecule has 1 saturated carbocycles. The first-order valence-corrected chi connectivity index (χ1v) is 6.92. The maximum Gasteiger partial charge on any atom is 0.254 e. The first kappa shape index (κ1) is 13.2. The van der Waals surface area contributed by atoms with Crippen molar-refractivity contribution in [1.29, 1.82) is 0 Å². The number of phenols is 1. The van der Waals surface area contributed by atoms with Crippen LogP contribution in [0.1, 0.15) is 36.0 Å². The number of hydrogen-bond acceptors (Lipinski definition) is 2. The molecule has 0 radical (unpaired) electrons. The number of halogens is 1. The van der Waals surface area contributed by atoms with Gasteiger partial charge in [-0.1, -0.05) is 18.9 Å². The highest BCUT2D eigenvalue weighted by Crippen LogP contribution is 2.25. The van der Waals surface area contributed by atoms with Gasteiger partial charge in [0.15, 0.2) is 0 Å². The fourth-order valence-electron chi connectivity index (χ4n) is 2.56. The van der Waals surface area contributed by atoms with E-state index >= 15 is 0 Å². The lowest BCUT2D eigenvalue weighted by Crippen LogP contribution is -2.40. The van der Waals surface area contributed by atoms with Gasteiger partial charge in [-0.25, -0.2) is 0 Å². The average Bonchev–Trinajstić information content (AvgIpc) is 2.89. The molecule has 1 aliphatic carbocycles. The molecule has 0 aliphatic heterocycles. The normalized spacial score (nSPS) is 15.8. The minimum Gasteiger partial charge on any atom is -0.508 e. The second kappa shape index (κ2) is 6.10. The first-order valence-electron chi connectivity index (χ1n) is 6.38. The van der Waals surface area contributed by atoms with Crippen molar-refractivity contribution in [3.63, 3.8) is 0 Å². The van der Waals surface area contributed by atoms with Crippen molar-refractivity contribution in [3.8, 4) is 5.75 Å². The van der Waals surface area contributed by atoms with Crippen LogP contribution in [0.5, 0.6) is 5.75 Å². The second-order valence-corrected chi connectivity index (χ2v) is 5.05. The molecule has 1 aromatic carbocycles. The zero-order valence-electron chi connectivity index (χ0n) is 10.3. The van der Waals surface area contributed by atoms with E-state index in [-0.39, 0.29) is 11.7 Å². The molecule has 0 spiro atoms. The van der Waals surface area contributed by atoms with E-state index in [2.05, 4.69) is 0 Å². The van der Waals surface area contributed by atoms with E-state index < -0.39 is 0 Å². The van der Waals surface area contributed by atoms with Crippen molar-refractivity contribution in [3.05, 3.63) is 29.8 Å². The Kier molecular flexibility index (Phi) is 4.48. The molecule has 0 bridgehead atoms. The van der Waals surface area contributed by atoms with Gasteiger partial charge < -0.3 is 10.0 Å². The molecule has 0 aromatic heterocycles. The minimum atomic E-state index is -0.0292. The molecule has 0 saturated heterocycles. The van der Waals surface area contributed by atoms with E-state index in [1.54, 1.807) is 18.2 Å². The van der Waals surface area contributed by atoms with Gasteiger partial charge in [-0.05, 0) is 31.0 Å².